The molecule has 0 aliphatic heterocycles. The van der Waals surface area contributed by atoms with Crippen molar-refractivity contribution < 1.29 is 65.8 Å². The van der Waals surface area contributed by atoms with E-state index in [1.807, 2.05) is 0 Å². The van der Waals surface area contributed by atoms with Gasteiger partial charge >= 0.3 is 51.4 Å². The largest absolute Gasteiger partial charge is 1.00 e. The summed E-state index contributed by atoms with van der Waals surface area (Å²) in [5.74, 6) is 0.641. The smallest absolute Gasteiger partial charge is 0.540 e. The Labute approximate surface area is 136 Å². The van der Waals surface area contributed by atoms with Crippen LogP contribution in [0.5, 0.6) is 0 Å². The Bertz CT molecular complexity index is 260. The third kappa shape index (κ3) is 5.72. The Hall–Kier alpha value is 0.956. The standard InChI is InChI=1S/C9H12NO3S.K/c10-6(5-11)1-2-14-9-4-7(12)3-8(9)13;/h6,9H,1-4,10H2;/q-1;+1/t6-,9?;/m0./s1. The number of carbonyl (C=O) groups is 2. The summed E-state index contributed by atoms with van der Waals surface area (Å²) in [6.45, 7) is 0. The molecule has 2 atom stereocenters. The van der Waals surface area contributed by atoms with Crippen molar-refractivity contribution in [3.63, 3.8) is 0 Å². The first-order valence-corrected chi connectivity index (χ1v) is 5.47. The minimum atomic E-state index is -0.574. The molecule has 2 N–H and O–H groups in total. The fourth-order valence-corrected chi connectivity index (χ4v) is 2.50. The Kier molecular flexibility index (Phi) is 8.62. The molecule has 1 unspecified atom stereocenters. The fraction of sp³-hybridized carbons (Fsp3) is 0.667. The number of ketones is 2. The van der Waals surface area contributed by atoms with E-state index in [4.69, 9.17) is 5.73 Å². The zero-order valence-corrected chi connectivity index (χ0v) is 12.6. The van der Waals surface area contributed by atoms with Crippen molar-refractivity contribution in [2.75, 3.05) is 5.75 Å². The Morgan fingerprint density at radius 2 is 2.20 bits per heavy atom. The van der Waals surface area contributed by atoms with E-state index in [0.29, 0.717) is 18.6 Å². The van der Waals surface area contributed by atoms with Gasteiger partial charge < -0.3 is 10.5 Å². The molecule has 0 heterocycles. The Balaban J connectivity index is 0.00000196. The molecule has 1 saturated carbocycles. The second-order valence-corrected chi connectivity index (χ2v) is 4.57. The van der Waals surface area contributed by atoms with Crippen molar-refractivity contribution in [1.29, 1.82) is 0 Å². The topological polar surface area (TPSA) is 77.2 Å². The summed E-state index contributed by atoms with van der Waals surface area (Å²) in [5.41, 5.74) is 5.33. The van der Waals surface area contributed by atoms with E-state index >= 15 is 0 Å². The molecule has 78 valence electrons. The molecule has 1 aliphatic carbocycles. The van der Waals surface area contributed by atoms with Gasteiger partial charge in [0.1, 0.15) is 5.78 Å². The first kappa shape index (κ1) is 16.0. The van der Waals surface area contributed by atoms with Crippen LogP contribution in [0.25, 0.3) is 0 Å². The number of Topliss-reactive ketones (excluding diaryl/α,β-unsaturated/α-hetero) is 2. The monoisotopic (exact) mass is 253 g/mol. The molecule has 15 heavy (non-hydrogen) atoms. The zero-order chi connectivity index (χ0) is 10.6. The summed E-state index contributed by atoms with van der Waals surface area (Å²) in [7, 11) is 0. The first-order chi connectivity index (χ1) is 6.63. The maximum Gasteiger partial charge on any atom is 1.00 e. The van der Waals surface area contributed by atoms with Crippen LogP contribution in [0.3, 0.4) is 0 Å². The molecule has 1 rings (SSSR count). The van der Waals surface area contributed by atoms with Crippen LogP contribution in [-0.4, -0.2) is 34.9 Å². The van der Waals surface area contributed by atoms with E-state index < -0.39 is 6.04 Å². The fourth-order valence-electron chi connectivity index (χ4n) is 1.25. The van der Waals surface area contributed by atoms with Gasteiger partial charge in [-0.05, 0) is 5.75 Å². The van der Waals surface area contributed by atoms with Gasteiger partial charge in [-0.2, -0.15) is 11.8 Å². The summed E-state index contributed by atoms with van der Waals surface area (Å²) in [6.07, 6.45) is 2.59. The summed E-state index contributed by atoms with van der Waals surface area (Å²) in [4.78, 5) is 32.1. The quantitative estimate of drug-likeness (QED) is 0.318. The number of nitrogens with two attached hydrogens (primary N) is 1. The van der Waals surface area contributed by atoms with Crippen LogP contribution >= 0.6 is 11.8 Å². The van der Waals surface area contributed by atoms with E-state index in [1.54, 1.807) is 6.29 Å². The van der Waals surface area contributed by atoms with E-state index in [2.05, 4.69) is 0 Å². The van der Waals surface area contributed by atoms with Gasteiger partial charge in [-0.3, -0.25) is 9.59 Å². The first-order valence-electron chi connectivity index (χ1n) is 4.42. The molecule has 4 nitrogen and oxygen atoms in total. The zero-order valence-electron chi connectivity index (χ0n) is 8.69. The van der Waals surface area contributed by atoms with Gasteiger partial charge in [0.15, 0.2) is 5.78 Å². The number of thioether (sulfide) groups is 1. The predicted molar refractivity (Wildman–Crippen MR) is 53.8 cm³/mol. The van der Waals surface area contributed by atoms with Crippen molar-refractivity contribution in [2.24, 2.45) is 5.73 Å². The number of carbonyl (C=O) groups excluding carboxylic acids is 3. The molecule has 0 aromatic carbocycles. The minimum Gasteiger partial charge on any atom is -0.540 e. The van der Waals surface area contributed by atoms with Crippen LogP contribution in [-0.2, 0) is 14.4 Å². The van der Waals surface area contributed by atoms with Crippen molar-refractivity contribution in [1.82, 2.24) is 0 Å². The van der Waals surface area contributed by atoms with Gasteiger partial charge in [0, 0.05) is 6.42 Å². The molecule has 0 amide bonds. The van der Waals surface area contributed by atoms with E-state index in [9.17, 15) is 14.4 Å². The van der Waals surface area contributed by atoms with Crippen molar-refractivity contribution in [2.45, 2.75) is 30.6 Å². The van der Waals surface area contributed by atoms with Crippen LogP contribution < -0.4 is 57.1 Å². The van der Waals surface area contributed by atoms with Gasteiger partial charge in [0.25, 0.3) is 0 Å². The number of hydrogen-bond acceptors (Lipinski definition) is 5. The van der Waals surface area contributed by atoms with Crippen LogP contribution in [0.1, 0.15) is 19.3 Å². The van der Waals surface area contributed by atoms with Gasteiger partial charge in [0.05, 0.1) is 11.7 Å². The average Bonchev–Trinajstić information content (AvgIpc) is 2.45. The third-order valence-corrected chi connectivity index (χ3v) is 3.35. The van der Waals surface area contributed by atoms with E-state index in [1.165, 1.54) is 11.8 Å². The van der Waals surface area contributed by atoms with Crippen LogP contribution in [0, 0.1) is 0 Å². The second-order valence-electron chi connectivity index (χ2n) is 3.26. The molecule has 0 bridgehead atoms. The van der Waals surface area contributed by atoms with Gasteiger partial charge in [-0.1, -0.05) is 12.5 Å². The molecule has 0 aromatic heterocycles. The molecule has 0 spiro atoms. The number of hydrogen-bond donors (Lipinski definition) is 1. The maximum absolute atomic E-state index is 11.2. The minimum absolute atomic E-state index is 0. The summed E-state index contributed by atoms with van der Waals surface area (Å²) >= 11 is 1.41. The summed E-state index contributed by atoms with van der Waals surface area (Å²) < 4.78 is 0. The molecule has 0 aromatic rings. The van der Waals surface area contributed by atoms with Crippen molar-refractivity contribution >= 4 is 29.6 Å². The molecule has 0 saturated heterocycles. The molecular weight excluding hydrogens is 241 g/mol. The third-order valence-electron chi connectivity index (χ3n) is 2.04. The Morgan fingerprint density at radius 3 is 2.67 bits per heavy atom. The van der Waals surface area contributed by atoms with Crippen molar-refractivity contribution in [3.05, 3.63) is 0 Å². The molecule has 1 fully saturated rings. The van der Waals surface area contributed by atoms with E-state index in [0.717, 1.165) is 0 Å². The van der Waals surface area contributed by atoms with Crippen molar-refractivity contribution in [3.8, 4) is 0 Å². The average molecular weight is 253 g/mol. The van der Waals surface area contributed by atoms with E-state index in [-0.39, 0.29) is 74.6 Å². The van der Waals surface area contributed by atoms with Crippen LogP contribution in [0.15, 0.2) is 0 Å². The SMILES string of the molecule is N[C@H]([C-]=O)CCSC1CC(=O)CC1=O.[K+]. The molecule has 6 heteroatoms. The summed E-state index contributed by atoms with van der Waals surface area (Å²) in [6, 6.07) is -0.574. The molecular formula is C9H12KNO3S. The molecule has 1 aliphatic rings. The normalized spacial score (nSPS) is 22.3. The van der Waals surface area contributed by atoms with Crippen LogP contribution in [0.4, 0.5) is 0 Å². The van der Waals surface area contributed by atoms with Gasteiger partial charge in [-0.25, -0.2) is 6.29 Å². The second kappa shape index (κ2) is 8.11. The maximum atomic E-state index is 11.2. The Morgan fingerprint density at radius 1 is 1.53 bits per heavy atom. The predicted octanol–water partition coefficient (Wildman–Crippen LogP) is -3.15. The van der Waals surface area contributed by atoms with Crippen LogP contribution in [0.2, 0.25) is 0 Å². The van der Waals surface area contributed by atoms with Gasteiger partial charge in [-0.15, -0.1) is 0 Å². The molecule has 0 radical (unpaired) electrons. The van der Waals surface area contributed by atoms with Gasteiger partial charge in [0.2, 0.25) is 0 Å². The number of rotatable bonds is 5. The summed E-state index contributed by atoms with van der Waals surface area (Å²) in [5, 5.41) is -0.207.